The van der Waals surface area contributed by atoms with Crippen LogP contribution in [0.4, 0.5) is 4.39 Å². The zero-order valence-corrected chi connectivity index (χ0v) is 10.5. The van der Waals surface area contributed by atoms with Crippen molar-refractivity contribution in [2.75, 3.05) is 7.05 Å². The van der Waals surface area contributed by atoms with Gasteiger partial charge in [0.25, 0.3) is 0 Å². The van der Waals surface area contributed by atoms with Gasteiger partial charge in [-0.1, -0.05) is 12.1 Å². The summed E-state index contributed by atoms with van der Waals surface area (Å²) in [6.07, 6.45) is 5.41. The maximum absolute atomic E-state index is 13.8. The standard InChI is InChI=1S/C12H16FN5/c1-3-6-18-11(8-16-17-18)12(14-2)9-4-5-15-7-10(9)13/h4-5,7-8,12,14H,3,6H2,1-2H3. The minimum absolute atomic E-state index is 0.269. The average Bonchev–Trinajstić information content (AvgIpc) is 2.82. The van der Waals surface area contributed by atoms with Crippen molar-refractivity contribution in [3.8, 4) is 0 Å². The first kappa shape index (κ1) is 12.6. The van der Waals surface area contributed by atoms with E-state index in [0.717, 1.165) is 18.7 Å². The van der Waals surface area contributed by atoms with Crippen molar-refractivity contribution in [1.82, 2.24) is 25.3 Å². The Balaban J connectivity index is 2.39. The fourth-order valence-corrected chi connectivity index (χ4v) is 1.96. The number of halogens is 1. The van der Waals surface area contributed by atoms with Gasteiger partial charge in [-0.25, -0.2) is 9.07 Å². The predicted octanol–water partition coefficient (Wildman–Crippen LogP) is 1.53. The molecular formula is C12H16FN5. The molecule has 0 spiro atoms. The van der Waals surface area contributed by atoms with E-state index in [1.165, 1.54) is 6.20 Å². The zero-order chi connectivity index (χ0) is 13.0. The number of nitrogens with one attached hydrogen (secondary N) is 1. The third-order valence-electron chi connectivity index (χ3n) is 2.78. The zero-order valence-electron chi connectivity index (χ0n) is 10.5. The van der Waals surface area contributed by atoms with Gasteiger partial charge in [-0.15, -0.1) is 5.10 Å². The van der Waals surface area contributed by atoms with E-state index in [4.69, 9.17) is 0 Å². The molecule has 0 aliphatic carbocycles. The van der Waals surface area contributed by atoms with Crippen LogP contribution in [0.5, 0.6) is 0 Å². The van der Waals surface area contributed by atoms with Crippen molar-refractivity contribution in [3.05, 3.63) is 41.7 Å². The van der Waals surface area contributed by atoms with E-state index in [-0.39, 0.29) is 11.9 Å². The molecule has 18 heavy (non-hydrogen) atoms. The van der Waals surface area contributed by atoms with Crippen molar-refractivity contribution in [3.63, 3.8) is 0 Å². The van der Waals surface area contributed by atoms with Crippen LogP contribution in [0.25, 0.3) is 0 Å². The molecule has 0 radical (unpaired) electrons. The third kappa shape index (κ3) is 2.38. The van der Waals surface area contributed by atoms with Crippen LogP contribution in [0, 0.1) is 5.82 Å². The second-order valence-electron chi connectivity index (χ2n) is 4.00. The van der Waals surface area contributed by atoms with Crippen LogP contribution >= 0.6 is 0 Å². The van der Waals surface area contributed by atoms with Crippen LogP contribution in [0.15, 0.2) is 24.7 Å². The molecule has 1 N–H and O–H groups in total. The van der Waals surface area contributed by atoms with Gasteiger partial charge in [0.15, 0.2) is 0 Å². The number of aromatic nitrogens is 4. The molecule has 6 heteroatoms. The monoisotopic (exact) mass is 249 g/mol. The second-order valence-corrected chi connectivity index (χ2v) is 4.00. The van der Waals surface area contributed by atoms with Crippen LogP contribution in [0.1, 0.15) is 30.6 Å². The molecular weight excluding hydrogens is 233 g/mol. The molecule has 0 amide bonds. The van der Waals surface area contributed by atoms with Crippen molar-refractivity contribution < 1.29 is 4.39 Å². The van der Waals surface area contributed by atoms with Crippen molar-refractivity contribution in [2.45, 2.75) is 25.9 Å². The highest BCUT2D eigenvalue weighted by molar-refractivity contribution is 5.25. The smallest absolute Gasteiger partial charge is 0.146 e. The molecule has 2 heterocycles. The van der Waals surface area contributed by atoms with Crippen LogP contribution in [-0.4, -0.2) is 27.0 Å². The Labute approximate surface area is 105 Å². The predicted molar refractivity (Wildman–Crippen MR) is 65.4 cm³/mol. The quantitative estimate of drug-likeness (QED) is 0.873. The summed E-state index contributed by atoms with van der Waals surface area (Å²) >= 11 is 0. The van der Waals surface area contributed by atoms with E-state index in [1.54, 1.807) is 30.2 Å². The maximum Gasteiger partial charge on any atom is 0.146 e. The van der Waals surface area contributed by atoms with Gasteiger partial charge in [-0.05, 0) is 19.5 Å². The lowest BCUT2D eigenvalue weighted by Crippen LogP contribution is -2.22. The summed E-state index contributed by atoms with van der Waals surface area (Å²) in [7, 11) is 1.79. The Morgan fingerprint density at radius 2 is 2.28 bits per heavy atom. The Morgan fingerprint density at radius 3 is 2.94 bits per heavy atom. The Hall–Kier alpha value is -1.82. The van der Waals surface area contributed by atoms with Crippen LogP contribution in [0.3, 0.4) is 0 Å². The van der Waals surface area contributed by atoms with Crippen LogP contribution in [0.2, 0.25) is 0 Å². The van der Waals surface area contributed by atoms with E-state index >= 15 is 0 Å². The minimum Gasteiger partial charge on any atom is -0.308 e. The Kier molecular flexibility index (Phi) is 3.99. The number of hydrogen-bond acceptors (Lipinski definition) is 4. The van der Waals surface area contributed by atoms with Gasteiger partial charge in [-0.2, -0.15) is 0 Å². The molecule has 0 fully saturated rings. The summed E-state index contributed by atoms with van der Waals surface area (Å²) in [4.78, 5) is 3.76. The summed E-state index contributed by atoms with van der Waals surface area (Å²) in [6, 6.07) is 1.40. The SMILES string of the molecule is CCCn1nncc1C(NC)c1ccncc1F. The highest BCUT2D eigenvalue weighted by Crippen LogP contribution is 2.22. The molecule has 0 bridgehead atoms. The summed E-state index contributed by atoms with van der Waals surface area (Å²) < 4.78 is 15.6. The van der Waals surface area contributed by atoms with Crippen LogP contribution < -0.4 is 5.32 Å². The molecule has 0 aliphatic rings. The first-order valence-electron chi connectivity index (χ1n) is 5.93. The van der Waals surface area contributed by atoms with Gasteiger partial charge in [0.2, 0.25) is 0 Å². The van der Waals surface area contributed by atoms with Gasteiger partial charge in [0.1, 0.15) is 5.82 Å². The molecule has 0 saturated heterocycles. The molecule has 96 valence electrons. The number of aryl methyl sites for hydroxylation is 1. The van der Waals surface area contributed by atoms with Gasteiger partial charge in [-0.3, -0.25) is 4.98 Å². The maximum atomic E-state index is 13.8. The molecule has 2 rings (SSSR count). The summed E-state index contributed by atoms with van der Waals surface area (Å²) in [5.41, 5.74) is 1.40. The van der Waals surface area contributed by atoms with Crippen molar-refractivity contribution >= 4 is 0 Å². The van der Waals surface area contributed by atoms with Gasteiger partial charge in [0.05, 0.1) is 24.1 Å². The Bertz CT molecular complexity index is 511. The van der Waals surface area contributed by atoms with E-state index in [0.29, 0.717) is 5.56 Å². The van der Waals surface area contributed by atoms with Crippen LogP contribution in [-0.2, 0) is 6.54 Å². The lowest BCUT2D eigenvalue weighted by atomic mass is 10.1. The topological polar surface area (TPSA) is 55.6 Å². The molecule has 0 aliphatic heterocycles. The fraction of sp³-hybridized carbons (Fsp3) is 0.417. The summed E-state index contributed by atoms with van der Waals surface area (Å²) in [6.45, 7) is 2.83. The highest BCUT2D eigenvalue weighted by Gasteiger charge is 2.20. The molecule has 1 unspecified atom stereocenters. The van der Waals surface area contributed by atoms with Gasteiger partial charge in [0, 0.05) is 18.3 Å². The molecule has 2 aromatic heterocycles. The summed E-state index contributed by atoms with van der Waals surface area (Å²) in [5.74, 6) is -0.332. The lowest BCUT2D eigenvalue weighted by molar-refractivity contribution is 0.507. The van der Waals surface area contributed by atoms with Gasteiger partial charge < -0.3 is 5.32 Å². The molecule has 0 aromatic carbocycles. The van der Waals surface area contributed by atoms with Crippen molar-refractivity contribution in [1.29, 1.82) is 0 Å². The average molecular weight is 249 g/mol. The fourth-order valence-electron chi connectivity index (χ4n) is 1.96. The van der Waals surface area contributed by atoms with E-state index in [9.17, 15) is 4.39 Å². The first-order valence-corrected chi connectivity index (χ1v) is 5.93. The van der Waals surface area contributed by atoms with Gasteiger partial charge >= 0.3 is 0 Å². The van der Waals surface area contributed by atoms with E-state index in [1.807, 2.05) is 0 Å². The lowest BCUT2D eigenvalue weighted by Gasteiger charge is -2.17. The normalized spacial score (nSPS) is 12.6. The molecule has 5 nitrogen and oxygen atoms in total. The number of rotatable bonds is 5. The summed E-state index contributed by atoms with van der Waals surface area (Å²) in [5, 5.41) is 11.0. The van der Waals surface area contributed by atoms with E-state index < -0.39 is 0 Å². The molecule has 1 atom stereocenters. The highest BCUT2D eigenvalue weighted by atomic mass is 19.1. The third-order valence-corrected chi connectivity index (χ3v) is 2.78. The molecule has 2 aromatic rings. The molecule has 0 saturated carbocycles. The number of pyridine rings is 1. The van der Waals surface area contributed by atoms with E-state index in [2.05, 4.69) is 27.5 Å². The largest absolute Gasteiger partial charge is 0.308 e. The number of nitrogens with zero attached hydrogens (tertiary/aromatic N) is 4. The number of hydrogen-bond donors (Lipinski definition) is 1. The minimum atomic E-state index is -0.332. The first-order chi connectivity index (χ1) is 8.77. The second kappa shape index (κ2) is 5.68. The van der Waals surface area contributed by atoms with Crippen molar-refractivity contribution in [2.24, 2.45) is 0 Å². The Morgan fingerprint density at radius 1 is 1.44 bits per heavy atom.